The maximum Gasteiger partial charge on any atom is 0.125 e. The summed E-state index contributed by atoms with van der Waals surface area (Å²) >= 11 is 24.1. The summed E-state index contributed by atoms with van der Waals surface area (Å²) in [5.74, 6) is 1.05. The van der Waals surface area contributed by atoms with Crippen LogP contribution in [-0.2, 0) is 10.8 Å². The Hall–Kier alpha value is 1.31. The van der Waals surface area contributed by atoms with Gasteiger partial charge in [0.25, 0.3) is 0 Å². The third kappa shape index (κ3) is 2.25. The van der Waals surface area contributed by atoms with Gasteiger partial charge in [0.2, 0.25) is 0 Å². The first kappa shape index (κ1) is 13.7. The molecular formula is C10H14Cl4OS. The largest absolute Gasteiger partial charge is 0.260 e. The zero-order valence-electron chi connectivity index (χ0n) is 9.16. The molecule has 0 aromatic carbocycles. The molecule has 0 amide bonds. The fourth-order valence-corrected chi connectivity index (χ4v) is 5.95. The van der Waals surface area contributed by atoms with Crippen molar-refractivity contribution < 1.29 is 4.21 Å². The van der Waals surface area contributed by atoms with Gasteiger partial charge < -0.3 is 0 Å². The van der Waals surface area contributed by atoms with Crippen LogP contribution < -0.4 is 0 Å². The fourth-order valence-electron chi connectivity index (χ4n) is 1.97. The number of alkyl halides is 4. The number of rotatable bonds is 4. The Kier molecular flexibility index (Phi) is 3.14. The Morgan fingerprint density at radius 1 is 0.938 bits per heavy atom. The molecule has 2 fully saturated rings. The van der Waals surface area contributed by atoms with Crippen LogP contribution in [0, 0.1) is 10.8 Å². The standard InChI is InChI=1S/C10H14Cl4OS/c1-7(3-9(7,11)12)5-16(15)6-8(2)4-10(8,13)14/h3-6H2,1-2H3. The number of hydrogen-bond donors (Lipinski definition) is 0. The Morgan fingerprint density at radius 3 is 1.38 bits per heavy atom. The Labute approximate surface area is 119 Å². The van der Waals surface area contributed by atoms with Crippen molar-refractivity contribution in [1.82, 2.24) is 0 Å². The van der Waals surface area contributed by atoms with E-state index in [9.17, 15) is 4.21 Å². The van der Waals surface area contributed by atoms with Gasteiger partial charge in [0.1, 0.15) is 8.67 Å². The average Bonchev–Trinajstić information content (AvgIpc) is 2.64. The van der Waals surface area contributed by atoms with Gasteiger partial charge in [-0.15, -0.1) is 46.4 Å². The van der Waals surface area contributed by atoms with Gasteiger partial charge in [-0.3, -0.25) is 4.21 Å². The fraction of sp³-hybridized carbons (Fsp3) is 1.00. The first-order valence-electron chi connectivity index (χ1n) is 5.12. The lowest BCUT2D eigenvalue weighted by Crippen LogP contribution is -2.22. The molecule has 2 aliphatic rings. The SMILES string of the molecule is CC1(CS(=O)CC2(C)CC2(Cl)Cl)CC1(Cl)Cl. The molecule has 0 bridgehead atoms. The minimum atomic E-state index is -0.965. The Morgan fingerprint density at radius 2 is 1.19 bits per heavy atom. The van der Waals surface area contributed by atoms with Crippen molar-refractivity contribution in [2.75, 3.05) is 11.5 Å². The van der Waals surface area contributed by atoms with Gasteiger partial charge in [-0.2, -0.15) is 0 Å². The van der Waals surface area contributed by atoms with Crippen LogP contribution in [-0.4, -0.2) is 24.4 Å². The summed E-state index contributed by atoms with van der Waals surface area (Å²) in [4.78, 5) is 0. The lowest BCUT2D eigenvalue weighted by molar-refractivity contribution is 0.598. The van der Waals surface area contributed by atoms with Crippen molar-refractivity contribution in [2.45, 2.75) is 35.4 Å². The molecule has 6 heteroatoms. The van der Waals surface area contributed by atoms with Crippen LogP contribution in [0.1, 0.15) is 26.7 Å². The summed E-state index contributed by atoms with van der Waals surface area (Å²) in [6, 6.07) is 0. The molecule has 2 saturated carbocycles. The van der Waals surface area contributed by atoms with E-state index in [2.05, 4.69) is 0 Å². The summed E-state index contributed by atoms with van der Waals surface area (Å²) in [6.07, 6.45) is 1.41. The van der Waals surface area contributed by atoms with Gasteiger partial charge in [-0.25, -0.2) is 0 Å². The summed E-state index contributed by atoms with van der Waals surface area (Å²) < 4.78 is 10.6. The van der Waals surface area contributed by atoms with Crippen LogP contribution in [0.25, 0.3) is 0 Å². The molecule has 2 rings (SSSR count). The van der Waals surface area contributed by atoms with Crippen LogP contribution >= 0.6 is 46.4 Å². The highest BCUT2D eigenvalue weighted by Gasteiger charge is 2.66. The van der Waals surface area contributed by atoms with Gasteiger partial charge in [-0.1, -0.05) is 13.8 Å². The minimum Gasteiger partial charge on any atom is -0.260 e. The second-order valence-electron chi connectivity index (χ2n) is 5.61. The van der Waals surface area contributed by atoms with Gasteiger partial charge in [0.15, 0.2) is 0 Å². The number of halogens is 4. The first-order valence-corrected chi connectivity index (χ1v) is 8.12. The van der Waals surface area contributed by atoms with Crippen molar-refractivity contribution in [3.63, 3.8) is 0 Å². The first-order chi connectivity index (χ1) is 7.02. The van der Waals surface area contributed by atoms with E-state index >= 15 is 0 Å². The van der Waals surface area contributed by atoms with E-state index in [-0.39, 0.29) is 10.8 Å². The van der Waals surface area contributed by atoms with Crippen molar-refractivity contribution in [2.24, 2.45) is 10.8 Å². The molecule has 0 spiro atoms. The van der Waals surface area contributed by atoms with Crippen LogP contribution in [0.5, 0.6) is 0 Å². The van der Waals surface area contributed by atoms with Crippen LogP contribution in [0.15, 0.2) is 0 Å². The molecule has 0 N–H and O–H groups in total. The van der Waals surface area contributed by atoms with Crippen LogP contribution in [0.3, 0.4) is 0 Å². The maximum atomic E-state index is 12.0. The molecule has 0 radical (unpaired) electrons. The maximum absolute atomic E-state index is 12.0. The predicted octanol–water partition coefficient (Wildman–Crippen LogP) is 3.90. The highest BCUT2D eigenvalue weighted by atomic mass is 35.5. The lowest BCUT2D eigenvalue weighted by Gasteiger charge is -2.15. The highest BCUT2D eigenvalue weighted by molar-refractivity contribution is 7.85. The van der Waals surface area contributed by atoms with Crippen molar-refractivity contribution >= 4 is 57.2 Å². The zero-order valence-corrected chi connectivity index (χ0v) is 13.0. The average molecular weight is 324 g/mol. The van der Waals surface area contributed by atoms with E-state index in [1.54, 1.807) is 0 Å². The van der Waals surface area contributed by atoms with E-state index in [1.165, 1.54) is 0 Å². The van der Waals surface area contributed by atoms with E-state index in [0.717, 1.165) is 0 Å². The van der Waals surface area contributed by atoms with Gasteiger partial charge in [-0.05, 0) is 12.8 Å². The Balaban J connectivity index is 1.88. The van der Waals surface area contributed by atoms with Gasteiger partial charge in [0.05, 0.1) is 0 Å². The summed E-state index contributed by atoms with van der Waals surface area (Å²) in [6.45, 7) is 3.93. The molecule has 0 saturated heterocycles. The van der Waals surface area contributed by atoms with Crippen molar-refractivity contribution in [3.8, 4) is 0 Å². The van der Waals surface area contributed by atoms with Gasteiger partial charge >= 0.3 is 0 Å². The zero-order chi connectivity index (χ0) is 12.4. The van der Waals surface area contributed by atoms with E-state index < -0.39 is 19.5 Å². The summed E-state index contributed by atoms with van der Waals surface area (Å²) in [5.41, 5.74) is -0.430. The molecule has 0 aliphatic heterocycles. The van der Waals surface area contributed by atoms with Crippen molar-refractivity contribution in [1.29, 1.82) is 0 Å². The molecule has 0 heterocycles. The molecule has 16 heavy (non-hydrogen) atoms. The molecule has 2 unspecified atom stereocenters. The third-order valence-corrected chi connectivity index (χ3v) is 7.98. The van der Waals surface area contributed by atoms with E-state index in [4.69, 9.17) is 46.4 Å². The van der Waals surface area contributed by atoms with E-state index in [0.29, 0.717) is 24.3 Å². The normalized spacial score (nSPS) is 45.1. The smallest absolute Gasteiger partial charge is 0.125 e. The van der Waals surface area contributed by atoms with E-state index in [1.807, 2.05) is 13.8 Å². The number of hydrogen-bond acceptors (Lipinski definition) is 1. The second-order valence-corrected chi connectivity index (χ2v) is 10.0. The molecule has 1 nitrogen and oxygen atoms in total. The monoisotopic (exact) mass is 322 g/mol. The van der Waals surface area contributed by atoms with Crippen molar-refractivity contribution in [3.05, 3.63) is 0 Å². The minimum absolute atomic E-state index is 0.215. The van der Waals surface area contributed by atoms with Crippen LogP contribution in [0.4, 0.5) is 0 Å². The summed E-state index contributed by atoms with van der Waals surface area (Å²) in [5, 5.41) is 0. The molecule has 94 valence electrons. The van der Waals surface area contributed by atoms with Crippen LogP contribution in [0.2, 0.25) is 0 Å². The predicted molar refractivity (Wildman–Crippen MR) is 72.2 cm³/mol. The molecule has 0 aromatic heterocycles. The highest BCUT2D eigenvalue weighted by Crippen LogP contribution is 2.66. The quantitative estimate of drug-likeness (QED) is 0.717. The van der Waals surface area contributed by atoms with Gasteiger partial charge in [0, 0.05) is 33.1 Å². The third-order valence-electron chi connectivity index (χ3n) is 3.70. The molecule has 2 atom stereocenters. The lowest BCUT2D eigenvalue weighted by atomic mass is 10.2. The molecule has 2 aliphatic carbocycles. The Bertz CT molecular complexity index is 325. The molecule has 0 aromatic rings. The molecular weight excluding hydrogens is 310 g/mol. The topological polar surface area (TPSA) is 17.1 Å². The second kappa shape index (κ2) is 3.66. The summed E-state index contributed by atoms with van der Waals surface area (Å²) in [7, 11) is -0.965.